The lowest BCUT2D eigenvalue weighted by Gasteiger charge is -2.34. The van der Waals surface area contributed by atoms with Gasteiger partial charge in [-0.1, -0.05) is 6.42 Å². The van der Waals surface area contributed by atoms with Crippen molar-refractivity contribution >= 4 is 5.91 Å². The van der Waals surface area contributed by atoms with Crippen molar-refractivity contribution in [2.24, 2.45) is 17.8 Å². The molecule has 3 unspecified atom stereocenters. The lowest BCUT2D eigenvalue weighted by atomic mass is 9.87. The average Bonchev–Trinajstić information content (AvgIpc) is 3.00. The SMILES string of the molecule is COC1CCN(C(=O)C2CC3CCC2C3)CC1. The lowest BCUT2D eigenvalue weighted by molar-refractivity contribution is -0.139. The van der Waals surface area contributed by atoms with E-state index in [1.54, 1.807) is 7.11 Å². The number of piperidine rings is 1. The van der Waals surface area contributed by atoms with Crippen LogP contribution in [-0.2, 0) is 9.53 Å². The highest BCUT2D eigenvalue weighted by molar-refractivity contribution is 5.79. The Morgan fingerprint density at radius 3 is 2.41 bits per heavy atom. The Morgan fingerprint density at radius 1 is 1.12 bits per heavy atom. The average molecular weight is 237 g/mol. The predicted molar refractivity (Wildman–Crippen MR) is 65.5 cm³/mol. The van der Waals surface area contributed by atoms with Crippen LogP contribution in [-0.4, -0.2) is 37.1 Å². The van der Waals surface area contributed by atoms with Crippen molar-refractivity contribution in [1.82, 2.24) is 4.90 Å². The summed E-state index contributed by atoms with van der Waals surface area (Å²) in [5.74, 6) is 2.40. The van der Waals surface area contributed by atoms with Crippen LogP contribution < -0.4 is 0 Å². The van der Waals surface area contributed by atoms with Gasteiger partial charge in [0.25, 0.3) is 0 Å². The highest BCUT2D eigenvalue weighted by Crippen LogP contribution is 2.49. The van der Waals surface area contributed by atoms with E-state index in [2.05, 4.69) is 4.90 Å². The molecule has 1 amide bonds. The molecule has 1 heterocycles. The van der Waals surface area contributed by atoms with Gasteiger partial charge >= 0.3 is 0 Å². The number of methoxy groups -OCH3 is 1. The molecular weight excluding hydrogens is 214 g/mol. The molecule has 1 aliphatic heterocycles. The zero-order chi connectivity index (χ0) is 11.8. The normalized spacial score (nSPS) is 37.7. The van der Waals surface area contributed by atoms with Gasteiger partial charge in [0.1, 0.15) is 0 Å². The second-order valence-corrected chi connectivity index (χ2v) is 6.04. The molecule has 0 radical (unpaired) electrons. The van der Waals surface area contributed by atoms with E-state index in [-0.39, 0.29) is 0 Å². The predicted octanol–water partition coefficient (Wildman–Crippen LogP) is 2.06. The molecule has 0 N–H and O–H groups in total. The molecule has 3 atom stereocenters. The molecule has 17 heavy (non-hydrogen) atoms. The summed E-state index contributed by atoms with van der Waals surface area (Å²) in [7, 11) is 1.78. The van der Waals surface area contributed by atoms with Crippen LogP contribution in [0.15, 0.2) is 0 Å². The van der Waals surface area contributed by atoms with Gasteiger partial charge in [0.05, 0.1) is 6.10 Å². The van der Waals surface area contributed by atoms with Gasteiger partial charge in [-0.2, -0.15) is 0 Å². The van der Waals surface area contributed by atoms with Gasteiger partial charge in [-0.25, -0.2) is 0 Å². The van der Waals surface area contributed by atoms with Gasteiger partial charge < -0.3 is 9.64 Å². The second kappa shape index (κ2) is 4.60. The van der Waals surface area contributed by atoms with Crippen LogP contribution in [0.1, 0.15) is 38.5 Å². The number of amides is 1. The Hall–Kier alpha value is -0.570. The number of carbonyl (C=O) groups excluding carboxylic acids is 1. The summed E-state index contributed by atoms with van der Waals surface area (Å²) in [6.45, 7) is 1.82. The van der Waals surface area contributed by atoms with Crippen molar-refractivity contribution in [2.45, 2.75) is 44.6 Å². The second-order valence-electron chi connectivity index (χ2n) is 6.04. The van der Waals surface area contributed by atoms with E-state index in [1.807, 2.05) is 0 Å². The zero-order valence-corrected chi connectivity index (χ0v) is 10.7. The number of hydrogen-bond donors (Lipinski definition) is 0. The van der Waals surface area contributed by atoms with E-state index < -0.39 is 0 Å². The fraction of sp³-hybridized carbons (Fsp3) is 0.929. The minimum atomic E-state index is 0.368. The number of likely N-dealkylation sites (tertiary alicyclic amines) is 1. The Labute approximate surface area is 104 Å². The number of hydrogen-bond acceptors (Lipinski definition) is 2. The monoisotopic (exact) mass is 237 g/mol. The van der Waals surface area contributed by atoms with Crippen molar-refractivity contribution in [3.8, 4) is 0 Å². The summed E-state index contributed by atoms with van der Waals surface area (Å²) >= 11 is 0. The summed E-state index contributed by atoms with van der Waals surface area (Å²) < 4.78 is 5.36. The molecule has 2 bridgehead atoms. The summed E-state index contributed by atoms with van der Waals surface area (Å²) in [4.78, 5) is 14.6. The molecule has 1 saturated heterocycles. The molecule has 0 aromatic heterocycles. The molecule has 3 fully saturated rings. The summed E-state index contributed by atoms with van der Waals surface area (Å²) in [5, 5.41) is 0. The van der Waals surface area contributed by atoms with E-state index in [1.165, 1.54) is 25.7 Å². The van der Waals surface area contributed by atoms with Crippen molar-refractivity contribution in [1.29, 1.82) is 0 Å². The number of fused-ring (bicyclic) bond motifs is 2. The zero-order valence-electron chi connectivity index (χ0n) is 10.7. The first-order valence-corrected chi connectivity index (χ1v) is 7.09. The minimum Gasteiger partial charge on any atom is -0.381 e. The van der Waals surface area contributed by atoms with Crippen molar-refractivity contribution < 1.29 is 9.53 Å². The Bertz CT molecular complexity index is 297. The van der Waals surface area contributed by atoms with Crippen LogP contribution in [0, 0.1) is 17.8 Å². The first-order valence-electron chi connectivity index (χ1n) is 7.09. The van der Waals surface area contributed by atoms with Crippen LogP contribution in [0.25, 0.3) is 0 Å². The van der Waals surface area contributed by atoms with Gasteiger partial charge in [0.15, 0.2) is 0 Å². The number of nitrogens with zero attached hydrogens (tertiary/aromatic N) is 1. The quantitative estimate of drug-likeness (QED) is 0.735. The van der Waals surface area contributed by atoms with E-state index in [9.17, 15) is 4.79 Å². The van der Waals surface area contributed by atoms with Gasteiger partial charge in [-0.05, 0) is 43.9 Å². The molecular formula is C14H23NO2. The number of ether oxygens (including phenoxy) is 1. The van der Waals surface area contributed by atoms with E-state index >= 15 is 0 Å². The maximum absolute atomic E-state index is 12.5. The summed E-state index contributed by atoms with van der Waals surface area (Å²) in [6, 6.07) is 0. The first kappa shape index (κ1) is 11.5. The highest BCUT2D eigenvalue weighted by atomic mass is 16.5. The minimum absolute atomic E-state index is 0.368. The maximum Gasteiger partial charge on any atom is 0.225 e. The summed E-state index contributed by atoms with van der Waals surface area (Å²) in [6.07, 6.45) is 7.58. The molecule has 0 spiro atoms. The first-order chi connectivity index (χ1) is 8.28. The van der Waals surface area contributed by atoms with Crippen LogP contribution >= 0.6 is 0 Å². The third-order valence-electron chi connectivity index (χ3n) is 5.14. The molecule has 2 aliphatic carbocycles. The van der Waals surface area contributed by atoms with Gasteiger partial charge in [0.2, 0.25) is 5.91 Å². The van der Waals surface area contributed by atoms with Crippen LogP contribution in [0.3, 0.4) is 0 Å². The molecule has 3 nitrogen and oxygen atoms in total. The van der Waals surface area contributed by atoms with Gasteiger partial charge in [-0.3, -0.25) is 4.79 Å². The molecule has 2 saturated carbocycles. The molecule has 3 heteroatoms. The van der Waals surface area contributed by atoms with Gasteiger partial charge in [0, 0.05) is 26.1 Å². The van der Waals surface area contributed by atoms with Crippen molar-refractivity contribution in [3.05, 3.63) is 0 Å². The van der Waals surface area contributed by atoms with Crippen LogP contribution in [0.4, 0.5) is 0 Å². The fourth-order valence-electron chi connectivity index (χ4n) is 4.09. The maximum atomic E-state index is 12.5. The molecule has 3 aliphatic rings. The fourth-order valence-corrected chi connectivity index (χ4v) is 4.09. The topological polar surface area (TPSA) is 29.5 Å². The van der Waals surface area contributed by atoms with Gasteiger partial charge in [-0.15, -0.1) is 0 Å². The van der Waals surface area contributed by atoms with Crippen LogP contribution in [0.2, 0.25) is 0 Å². The Kier molecular flexibility index (Phi) is 3.12. The van der Waals surface area contributed by atoms with Crippen molar-refractivity contribution in [2.75, 3.05) is 20.2 Å². The largest absolute Gasteiger partial charge is 0.381 e. The Balaban J connectivity index is 1.56. The third-order valence-corrected chi connectivity index (χ3v) is 5.14. The lowest BCUT2D eigenvalue weighted by Crippen LogP contribution is -2.44. The smallest absolute Gasteiger partial charge is 0.225 e. The van der Waals surface area contributed by atoms with E-state index in [0.29, 0.717) is 23.8 Å². The number of carbonyl (C=O) groups is 1. The van der Waals surface area contributed by atoms with E-state index in [4.69, 9.17) is 4.74 Å². The van der Waals surface area contributed by atoms with Crippen molar-refractivity contribution in [3.63, 3.8) is 0 Å². The van der Waals surface area contributed by atoms with Crippen LogP contribution in [0.5, 0.6) is 0 Å². The third kappa shape index (κ3) is 2.10. The standard InChI is InChI=1S/C14H23NO2/c1-17-12-4-6-15(7-5-12)14(16)13-9-10-2-3-11(13)8-10/h10-13H,2-9H2,1H3. The van der Waals surface area contributed by atoms with E-state index in [0.717, 1.165) is 31.8 Å². The summed E-state index contributed by atoms with van der Waals surface area (Å²) in [5.41, 5.74) is 0. The molecule has 96 valence electrons. The Morgan fingerprint density at radius 2 is 1.88 bits per heavy atom. The molecule has 0 aromatic rings. The highest BCUT2D eigenvalue weighted by Gasteiger charge is 2.44. The number of rotatable bonds is 2. The molecule has 3 rings (SSSR count). The molecule has 0 aromatic carbocycles.